The normalized spacial score (nSPS) is 18.7. The van der Waals surface area contributed by atoms with Gasteiger partial charge in [0.1, 0.15) is 17.4 Å². The van der Waals surface area contributed by atoms with E-state index in [9.17, 15) is 4.79 Å². The average molecular weight is 363 g/mol. The number of hydrogen-bond acceptors (Lipinski definition) is 2. The first-order chi connectivity index (χ1) is 13.1. The molecule has 1 unspecified atom stereocenters. The molecule has 0 radical (unpaired) electrons. The van der Waals surface area contributed by atoms with E-state index in [0.717, 1.165) is 29.6 Å². The van der Waals surface area contributed by atoms with Gasteiger partial charge in [-0.2, -0.15) is 0 Å². The highest BCUT2D eigenvalue weighted by molar-refractivity contribution is 5.79. The predicted octanol–water partition coefficient (Wildman–Crippen LogP) is 3.20. The molecule has 4 heteroatoms. The third-order valence-corrected chi connectivity index (χ3v) is 5.65. The summed E-state index contributed by atoms with van der Waals surface area (Å²) in [5, 5.41) is 4.16. The summed E-state index contributed by atoms with van der Waals surface area (Å²) in [6.45, 7) is 2.43. The summed E-state index contributed by atoms with van der Waals surface area (Å²) in [6, 6.07) is 18.8. The van der Waals surface area contributed by atoms with E-state index in [4.69, 9.17) is 4.42 Å². The van der Waals surface area contributed by atoms with Crippen molar-refractivity contribution in [3.8, 4) is 0 Å². The number of likely N-dealkylation sites (N-methyl/N-ethyl adjacent to an activating group) is 1. The minimum absolute atomic E-state index is 0.0588. The highest BCUT2D eigenvalue weighted by Crippen LogP contribution is 2.27. The molecule has 140 valence electrons. The van der Waals surface area contributed by atoms with E-state index in [0.29, 0.717) is 12.6 Å². The van der Waals surface area contributed by atoms with Gasteiger partial charge in [0, 0.05) is 17.4 Å². The topological polar surface area (TPSA) is 46.7 Å². The zero-order chi connectivity index (χ0) is 18.8. The SMILES string of the molecule is C[C@H](NC(=O)C[NH+](C)[C@@H]1CCCc2ccccc21)c1cc2ccccc2o1. The van der Waals surface area contributed by atoms with Gasteiger partial charge in [-0.05, 0) is 37.5 Å². The molecule has 1 aliphatic rings. The molecule has 0 spiro atoms. The van der Waals surface area contributed by atoms with Crippen LogP contribution in [0.15, 0.2) is 59.0 Å². The number of quaternary nitrogens is 1. The van der Waals surface area contributed by atoms with Gasteiger partial charge in [-0.25, -0.2) is 0 Å². The molecule has 1 aliphatic carbocycles. The molecule has 3 aromatic rings. The molecular formula is C23H27N2O2+. The van der Waals surface area contributed by atoms with Crippen LogP contribution in [-0.4, -0.2) is 19.5 Å². The second kappa shape index (κ2) is 7.57. The second-order valence-corrected chi connectivity index (χ2v) is 7.64. The predicted molar refractivity (Wildman–Crippen MR) is 107 cm³/mol. The van der Waals surface area contributed by atoms with Crippen molar-refractivity contribution in [1.29, 1.82) is 0 Å². The molecule has 3 atom stereocenters. The molecule has 0 saturated heterocycles. The van der Waals surface area contributed by atoms with Crippen molar-refractivity contribution >= 4 is 16.9 Å². The summed E-state index contributed by atoms with van der Waals surface area (Å²) >= 11 is 0. The second-order valence-electron chi connectivity index (χ2n) is 7.64. The lowest BCUT2D eigenvalue weighted by atomic mass is 9.87. The lowest BCUT2D eigenvalue weighted by molar-refractivity contribution is -0.905. The van der Waals surface area contributed by atoms with Crippen LogP contribution >= 0.6 is 0 Å². The van der Waals surface area contributed by atoms with Gasteiger partial charge in [-0.3, -0.25) is 4.79 Å². The van der Waals surface area contributed by atoms with Crippen molar-refractivity contribution in [2.24, 2.45) is 0 Å². The molecular weight excluding hydrogens is 336 g/mol. The maximum atomic E-state index is 12.6. The van der Waals surface area contributed by atoms with Crippen LogP contribution in [0.3, 0.4) is 0 Å². The highest BCUT2D eigenvalue weighted by atomic mass is 16.3. The van der Waals surface area contributed by atoms with Crippen LogP contribution in [0.2, 0.25) is 0 Å². The van der Waals surface area contributed by atoms with Crippen LogP contribution in [-0.2, 0) is 11.2 Å². The van der Waals surface area contributed by atoms with Crippen LogP contribution < -0.4 is 10.2 Å². The molecule has 1 heterocycles. The zero-order valence-electron chi connectivity index (χ0n) is 16.0. The van der Waals surface area contributed by atoms with Gasteiger partial charge in [-0.1, -0.05) is 42.5 Å². The minimum atomic E-state index is -0.142. The lowest BCUT2D eigenvalue weighted by Gasteiger charge is -2.30. The maximum Gasteiger partial charge on any atom is 0.275 e. The number of para-hydroxylation sites is 1. The largest absolute Gasteiger partial charge is 0.459 e. The molecule has 1 aromatic heterocycles. The van der Waals surface area contributed by atoms with Crippen LogP contribution in [0.1, 0.15) is 48.7 Å². The Labute approximate surface area is 160 Å². The third-order valence-electron chi connectivity index (χ3n) is 5.65. The minimum Gasteiger partial charge on any atom is -0.459 e. The van der Waals surface area contributed by atoms with Gasteiger partial charge in [0.2, 0.25) is 0 Å². The molecule has 2 N–H and O–H groups in total. The van der Waals surface area contributed by atoms with Gasteiger partial charge in [0.15, 0.2) is 6.54 Å². The quantitative estimate of drug-likeness (QED) is 0.731. The zero-order valence-corrected chi connectivity index (χ0v) is 16.0. The van der Waals surface area contributed by atoms with Crippen molar-refractivity contribution in [3.05, 3.63) is 71.5 Å². The number of carbonyl (C=O) groups excluding carboxylic acids is 1. The van der Waals surface area contributed by atoms with Gasteiger partial charge in [0.05, 0.1) is 13.1 Å². The van der Waals surface area contributed by atoms with E-state index in [1.807, 2.05) is 37.3 Å². The van der Waals surface area contributed by atoms with Crippen molar-refractivity contribution < 1.29 is 14.1 Å². The van der Waals surface area contributed by atoms with E-state index < -0.39 is 0 Å². The van der Waals surface area contributed by atoms with Crippen molar-refractivity contribution in [2.45, 2.75) is 38.3 Å². The standard InChI is InChI=1S/C23H26N2O2/c1-16(22-14-18-9-4-6-13-21(18)27-22)24-23(26)15-25(2)20-12-7-10-17-8-3-5-11-19(17)20/h3-6,8-9,11,13-14,16,20H,7,10,12,15H2,1-2H3,(H,24,26)/p+1/t16-,20+/m0/s1. The first-order valence-electron chi connectivity index (χ1n) is 9.80. The van der Waals surface area contributed by atoms with Gasteiger partial charge in [-0.15, -0.1) is 0 Å². The number of rotatable bonds is 5. The summed E-state index contributed by atoms with van der Waals surface area (Å²) in [6.07, 6.45) is 3.47. The first-order valence-corrected chi connectivity index (χ1v) is 9.80. The molecule has 1 amide bonds. The van der Waals surface area contributed by atoms with Crippen LogP contribution in [0.5, 0.6) is 0 Å². The smallest absolute Gasteiger partial charge is 0.275 e. The number of hydrogen-bond donors (Lipinski definition) is 2. The Bertz CT molecular complexity index is 913. The van der Waals surface area contributed by atoms with E-state index in [2.05, 4.69) is 36.6 Å². The van der Waals surface area contributed by atoms with Gasteiger partial charge < -0.3 is 14.6 Å². The fourth-order valence-corrected chi connectivity index (χ4v) is 4.22. The van der Waals surface area contributed by atoms with E-state index in [-0.39, 0.29) is 11.9 Å². The Morgan fingerprint density at radius 1 is 1.22 bits per heavy atom. The molecule has 2 aromatic carbocycles. The Hall–Kier alpha value is -2.59. The molecule has 4 rings (SSSR count). The summed E-state index contributed by atoms with van der Waals surface area (Å²) in [5.74, 6) is 0.855. The third kappa shape index (κ3) is 3.76. The highest BCUT2D eigenvalue weighted by Gasteiger charge is 2.28. The van der Waals surface area contributed by atoms with E-state index in [1.165, 1.54) is 22.4 Å². The number of aryl methyl sites for hydroxylation is 1. The van der Waals surface area contributed by atoms with Gasteiger partial charge in [0.25, 0.3) is 5.91 Å². The molecule has 0 saturated carbocycles. The molecule has 4 nitrogen and oxygen atoms in total. The molecule has 0 aliphatic heterocycles. The summed E-state index contributed by atoms with van der Waals surface area (Å²) in [7, 11) is 2.12. The number of benzene rings is 2. The Balaban J connectivity index is 1.40. The maximum absolute atomic E-state index is 12.6. The fraction of sp³-hybridized carbons (Fsp3) is 0.348. The molecule has 0 fully saturated rings. The summed E-state index contributed by atoms with van der Waals surface area (Å²) in [4.78, 5) is 13.9. The number of amides is 1. The summed E-state index contributed by atoms with van der Waals surface area (Å²) < 4.78 is 5.88. The van der Waals surface area contributed by atoms with Gasteiger partial charge >= 0.3 is 0 Å². The number of furan rings is 1. The summed E-state index contributed by atoms with van der Waals surface area (Å²) in [5.41, 5.74) is 3.69. The Morgan fingerprint density at radius 3 is 2.85 bits per heavy atom. The van der Waals surface area contributed by atoms with Crippen LogP contribution in [0, 0.1) is 0 Å². The lowest BCUT2D eigenvalue weighted by Crippen LogP contribution is -3.10. The molecule has 27 heavy (non-hydrogen) atoms. The fourth-order valence-electron chi connectivity index (χ4n) is 4.22. The van der Waals surface area contributed by atoms with Crippen molar-refractivity contribution in [3.63, 3.8) is 0 Å². The van der Waals surface area contributed by atoms with Crippen molar-refractivity contribution in [2.75, 3.05) is 13.6 Å². The number of carbonyl (C=O) groups is 1. The number of fused-ring (bicyclic) bond motifs is 2. The van der Waals surface area contributed by atoms with Crippen molar-refractivity contribution in [1.82, 2.24) is 5.32 Å². The average Bonchev–Trinajstić information content (AvgIpc) is 3.12. The van der Waals surface area contributed by atoms with Crippen LogP contribution in [0.25, 0.3) is 11.0 Å². The Morgan fingerprint density at radius 2 is 2.00 bits per heavy atom. The molecule has 0 bridgehead atoms. The monoisotopic (exact) mass is 363 g/mol. The van der Waals surface area contributed by atoms with E-state index >= 15 is 0 Å². The number of nitrogens with one attached hydrogen (secondary N) is 2. The first kappa shape index (κ1) is 17.8. The van der Waals surface area contributed by atoms with E-state index in [1.54, 1.807) is 0 Å². The van der Waals surface area contributed by atoms with Crippen LogP contribution in [0.4, 0.5) is 0 Å². The Kier molecular flexibility index (Phi) is 4.99.